The van der Waals surface area contributed by atoms with Crippen molar-refractivity contribution >= 4 is 5.97 Å². The largest absolute Gasteiger partial charge is 0.466 e. The highest BCUT2D eigenvalue weighted by Gasteiger charge is 2.61. The number of rotatable bonds is 12. The van der Waals surface area contributed by atoms with Gasteiger partial charge in [-0.1, -0.05) is 51.5 Å². The van der Waals surface area contributed by atoms with E-state index in [-0.39, 0.29) is 29.5 Å². The topological polar surface area (TPSA) is 63.2 Å². The average Bonchev–Trinajstić information content (AvgIpc) is 3.28. The molecule has 3 saturated carbocycles. The number of allylic oxidation sites excluding steroid dienone is 3. The van der Waals surface area contributed by atoms with Gasteiger partial charge in [0.05, 0.1) is 24.7 Å². The molecule has 0 aromatic rings. The Balaban J connectivity index is 1.48. The zero-order valence-corrected chi connectivity index (χ0v) is 25.6. The number of carbonyl (C=O) groups is 1. The summed E-state index contributed by atoms with van der Waals surface area (Å²) in [5.41, 5.74) is 1.92. The Morgan fingerprint density at radius 3 is 2.54 bits per heavy atom. The fourth-order valence-electron chi connectivity index (χ4n) is 9.26. The van der Waals surface area contributed by atoms with E-state index < -0.39 is 0 Å². The highest BCUT2D eigenvalue weighted by atomic mass is 16.7. The molecule has 0 aliphatic heterocycles. The maximum Gasteiger partial charge on any atom is 0.308 e. The molecule has 4 aliphatic rings. The summed E-state index contributed by atoms with van der Waals surface area (Å²) >= 11 is 0. The monoisotopic (exact) mass is 546 g/mol. The lowest BCUT2D eigenvalue weighted by atomic mass is 9.46. The predicted octanol–water partition coefficient (Wildman–Crippen LogP) is 6.94. The van der Waals surface area contributed by atoms with E-state index in [2.05, 4.69) is 39.0 Å². The molecule has 10 atom stereocenters. The van der Waals surface area contributed by atoms with Gasteiger partial charge in [-0.15, -0.1) is 0 Å². The number of methoxy groups -OCH3 is 2. The van der Waals surface area contributed by atoms with Gasteiger partial charge in [0.25, 0.3) is 0 Å². The van der Waals surface area contributed by atoms with Crippen LogP contribution in [0.25, 0.3) is 0 Å². The Kier molecular flexibility index (Phi) is 10.4. The van der Waals surface area contributed by atoms with Crippen LogP contribution in [-0.2, 0) is 28.5 Å². The predicted molar refractivity (Wildman–Crippen MR) is 153 cm³/mol. The van der Waals surface area contributed by atoms with Crippen molar-refractivity contribution in [3.05, 3.63) is 23.8 Å². The molecular weight excluding hydrogens is 492 g/mol. The first-order chi connectivity index (χ1) is 18.7. The van der Waals surface area contributed by atoms with Gasteiger partial charge in [-0.05, 0) is 86.9 Å². The summed E-state index contributed by atoms with van der Waals surface area (Å²) in [6, 6.07) is 0. The minimum absolute atomic E-state index is 0.0303. The van der Waals surface area contributed by atoms with Crippen LogP contribution in [0.5, 0.6) is 0 Å². The van der Waals surface area contributed by atoms with Crippen molar-refractivity contribution in [2.24, 2.45) is 46.3 Å². The molecule has 0 amide bonds. The van der Waals surface area contributed by atoms with Crippen LogP contribution in [0, 0.1) is 46.3 Å². The van der Waals surface area contributed by atoms with Gasteiger partial charge in [0, 0.05) is 26.1 Å². The van der Waals surface area contributed by atoms with Gasteiger partial charge in [0.15, 0.2) is 0 Å². The van der Waals surface area contributed by atoms with E-state index >= 15 is 0 Å². The van der Waals surface area contributed by atoms with Crippen LogP contribution in [0.15, 0.2) is 23.8 Å². The third-order valence-electron chi connectivity index (χ3n) is 11.3. The average molecular weight is 547 g/mol. The Labute approximate surface area is 237 Å². The Hall–Kier alpha value is -1.21. The zero-order chi connectivity index (χ0) is 28.2. The van der Waals surface area contributed by atoms with Crippen molar-refractivity contribution in [2.75, 3.05) is 34.4 Å². The van der Waals surface area contributed by atoms with E-state index in [1.165, 1.54) is 37.7 Å². The van der Waals surface area contributed by atoms with Crippen LogP contribution < -0.4 is 0 Å². The second kappa shape index (κ2) is 13.2. The minimum atomic E-state index is -0.0914. The fourth-order valence-corrected chi connectivity index (χ4v) is 9.26. The molecule has 0 N–H and O–H groups in total. The van der Waals surface area contributed by atoms with Gasteiger partial charge in [-0.3, -0.25) is 4.79 Å². The van der Waals surface area contributed by atoms with Crippen LogP contribution in [0.1, 0.15) is 86.0 Å². The zero-order valence-electron chi connectivity index (χ0n) is 25.6. The van der Waals surface area contributed by atoms with E-state index in [0.717, 1.165) is 25.2 Å². The molecule has 4 rings (SSSR count). The summed E-state index contributed by atoms with van der Waals surface area (Å²) < 4.78 is 28.3. The molecule has 0 aromatic carbocycles. The summed E-state index contributed by atoms with van der Waals surface area (Å²) in [5, 5.41) is 0. The number of hydrogen-bond acceptors (Lipinski definition) is 6. The van der Waals surface area contributed by atoms with E-state index in [4.69, 9.17) is 23.7 Å². The summed E-state index contributed by atoms with van der Waals surface area (Å²) in [6.07, 6.45) is 16.4. The van der Waals surface area contributed by atoms with Crippen molar-refractivity contribution < 1.29 is 28.5 Å². The van der Waals surface area contributed by atoms with E-state index in [1.54, 1.807) is 14.2 Å². The fraction of sp³-hybridized carbons (Fsp3) is 0.848. The van der Waals surface area contributed by atoms with Crippen molar-refractivity contribution in [3.63, 3.8) is 0 Å². The lowest BCUT2D eigenvalue weighted by Gasteiger charge is -2.60. The molecular formula is C33H54O6. The highest BCUT2D eigenvalue weighted by molar-refractivity contribution is 5.72. The van der Waals surface area contributed by atoms with Gasteiger partial charge >= 0.3 is 5.97 Å². The van der Waals surface area contributed by atoms with Gasteiger partial charge in [0.2, 0.25) is 0 Å². The van der Waals surface area contributed by atoms with Gasteiger partial charge < -0.3 is 23.7 Å². The van der Waals surface area contributed by atoms with Gasteiger partial charge in [0.1, 0.15) is 13.6 Å². The number of fused-ring (bicyclic) bond motifs is 5. The summed E-state index contributed by atoms with van der Waals surface area (Å²) in [6.45, 7) is 12.4. The van der Waals surface area contributed by atoms with Crippen LogP contribution in [-0.4, -0.2) is 52.6 Å². The molecule has 0 heterocycles. The number of ether oxygens (including phenoxy) is 5. The Morgan fingerprint density at radius 1 is 1.08 bits per heavy atom. The third kappa shape index (κ3) is 6.05. The second-order valence-electron chi connectivity index (χ2n) is 13.2. The van der Waals surface area contributed by atoms with Crippen molar-refractivity contribution in [3.8, 4) is 0 Å². The van der Waals surface area contributed by atoms with E-state index in [0.29, 0.717) is 49.3 Å². The van der Waals surface area contributed by atoms with Gasteiger partial charge in [-0.2, -0.15) is 0 Å². The molecule has 39 heavy (non-hydrogen) atoms. The first kappa shape index (κ1) is 30.7. The normalized spacial score (nSPS) is 39.4. The maximum absolute atomic E-state index is 12.0. The molecule has 222 valence electrons. The SMILES string of the molecule is CCOC(=O)C(C)C/C=C/C(C)C1CCC2C3CC=C4CC(OCOC)CC(OCOC)C4(C)C3CCC12C. The standard InChI is InChI=1S/C33H54O6/c1-8-37-31(34)23(3)11-9-10-22(2)27-14-15-28-26-13-12-24-18-25(38-20-35-6)19-30(39-21-36-7)33(24,5)29(26)16-17-32(27,28)4/h9-10,12,22-23,25-30H,8,11,13-21H2,1-7H3/b10-9+. The lowest BCUT2D eigenvalue weighted by Crippen LogP contribution is -2.56. The molecule has 6 nitrogen and oxygen atoms in total. The van der Waals surface area contributed by atoms with Crippen molar-refractivity contribution in [1.29, 1.82) is 0 Å². The maximum atomic E-state index is 12.0. The number of carbonyl (C=O) groups excluding carboxylic acids is 1. The minimum Gasteiger partial charge on any atom is -0.466 e. The van der Waals surface area contributed by atoms with Crippen molar-refractivity contribution in [1.82, 2.24) is 0 Å². The molecule has 10 unspecified atom stereocenters. The molecule has 6 heteroatoms. The van der Waals surface area contributed by atoms with Crippen LogP contribution in [0.4, 0.5) is 0 Å². The van der Waals surface area contributed by atoms with Crippen LogP contribution >= 0.6 is 0 Å². The van der Waals surface area contributed by atoms with Crippen molar-refractivity contribution in [2.45, 2.75) is 98.2 Å². The first-order valence-corrected chi connectivity index (χ1v) is 15.4. The molecule has 0 bridgehead atoms. The van der Waals surface area contributed by atoms with Crippen LogP contribution in [0.3, 0.4) is 0 Å². The Morgan fingerprint density at radius 2 is 1.82 bits per heavy atom. The Bertz CT molecular complexity index is 883. The summed E-state index contributed by atoms with van der Waals surface area (Å²) in [5.74, 6) is 3.12. The molecule has 0 aromatic heterocycles. The highest BCUT2D eigenvalue weighted by Crippen LogP contribution is 2.67. The molecule has 3 fully saturated rings. The summed E-state index contributed by atoms with van der Waals surface area (Å²) in [7, 11) is 3.40. The summed E-state index contributed by atoms with van der Waals surface area (Å²) in [4.78, 5) is 12.0. The molecule has 4 aliphatic carbocycles. The molecule has 0 radical (unpaired) electrons. The smallest absolute Gasteiger partial charge is 0.308 e. The van der Waals surface area contributed by atoms with Crippen LogP contribution in [0.2, 0.25) is 0 Å². The number of hydrogen-bond donors (Lipinski definition) is 0. The first-order valence-electron chi connectivity index (χ1n) is 15.4. The second-order valence-corrected chi connectivity index (χ2v) is 13.2. The van der Waals surface area contributed by atoms with E-state index in [9.17, 15) is 4.79 Å². The lowest BCUT2D eigenvalue weighted by molar-refractivity contribution is -0.179. The van der Waals surface area contributed by atoms with E-state index in [1.807, 2.05) is 13.8 Å². The third-order valence-corrected chi connectivity index (χ3v) is 11.3. The number of esters is 1. The molecule has 0 saturated heterocycles. The quantitative estimate of drug-likeness (QED) is 0.150. The van der Waals surface area contributed by atoms with Gasteiger partial charge in [-0.25, -0.2) is 0 Å². The molecule has 0 spiro atoms.